The van der Waals surface area contributed by atoms with Crippen molar-refractivity contribution in [1.29, 1.82) is 0 Å². The highest BCUT2D eigenvalue weighted by molar-refractivity contribution is 5.89. The molecule has 1 atom stereocenters. The number of rotatable bonds is 4. The van der Waals surface area contributed by atoms with E-state index in [4.69, 9.17) is 0 Å². The lowest BCUT2D eigenvalue weighted by Gasteiger charge is -2.19. The number of hydrogen-bond acceptors (Lipinski definition) is 2. The summed E-state index contributed by atoms with van der Waals surface area (Å²) in [7, 11) is 1.92. The number of benzene rings is 1. The zero-order valence-corrected chi connectivity index (χ0v) is 12.5. The van der Waals surface area contributed by atoms with Gasteiger partial charge >= 0.3 is 6.03 Å². The summed E-state index contributed by atoms with van der Waals surface area (Å²) in [4.78, 5) is 11.8. The quantitative estimate of drug-likeness (QED) is 0.781. The molecule has 19 heavy (non-hydrogen) atoms. The minimum absolute atomic E-state index is 0.0832. The molecule has 0 bridgehead atoms. The molecule has 0 fully saturated rings. The molecular formula is C15H25N3O. The first kappa shape index (κ1) is 15.5. The maximum atomic E-state index is 11.8. The average molecular weight is 263 g/mol. The smallest absolute Gasteiger partial charge is 0.319 e. The number of hydrogen-bond donors (Lipinski definition) is 3. The summed E-state index contributed by atoms with van der Waals surface area (Å²) in [6.45, 7) is 8.98. The van der Waals surface area contributed by atoms with Gasteiger partial charge in [-0.05, 0) is 37.1 Å². The Bertz CT molecular complexity index is 424. The van der Waals surface area contributed by atoms with Gasteiger partial charge < -0.3 is 16.0 Å². The van der Waals surface area contributed by atoms with E-state index in [0.717, 1.165) is 11.3 Å². The maximum Gasteiger partial charge on any atom is 0.319 e. The highest BCUT2D eigenvalue weighted by Gasteiger charge is 2.12. The van der Waals surface area contributed by atoms with E-state index in [9.17, 15) is 4.79 Å². The van der Waals surface area contributed by atoms with Crippen LogP contribution in [-0.4, -0.2) is 19.6 Å². The molecule has 4 heteroatoms. The monoisotopic (exact) mass is 263 g/mol. The molecule has 1 unspecified atom stereocenters. The third kappa shape index (κ3) is 5.75. The molecule has 0 aliphatic carbocycles. The minimum Gasteiger partial charge on any atom is -0.337 e. The lowest BCUT2D eigenvalue weighted by molar-refractivity contribution is 0.247. The normalized spacial score (nSPS) is 12.9. The van der Waals surface area contributed by atoms with Crippen LogP contribution < -0.4 is 16.0 Å². The van der Waals surface area contributed by atoms with Gasteiger partial charge in [0, 0.05) is 18.3 Å². The van der Waals surface area contributed by atoms with Crippen molar-refractivity contribution in [2.75, 3.05) is 18.9 Å². The van der Waals surface area contributed by atoms with Crippen molar-refractivity contribution in [2.45, 2.75) is 33.7 Å². The highest BCUT2D eigenvalue weighted by atomic mass is 16.2. The summed E-state index contributed by atoms with van der Waals surface area (Å²) in [6.07, 6.45) is 0. The van der Waals surface area contributed by atoms with Gasteiger partial charge in [0.05, 0.1) is 0 Å². The van der Waals surface area contributed by atoms with Crippen LogP contribution in [0.5, 0.6) is 0 Å². The van der Waals surface area contributed by atoms with E-state index < -0.39 is 0 Å². The first-order chi connectivity index (χ1) is 8.81. The molecule has 0 aromatic heterocycles. The van der Waals surface area contributed by atoms with E-state index in [2.05, 4.69) is 43.6 Å². The number of nitrogens with one attached hydrogen (secondary N) is 3. The van der Waals surface area contributed by atoms with Crippen LogP contribution in [-0.2, 0) is 0 Å². The summed E-state index contributed by atoms with van der Waals surface area (Å²) in [5.41, 5.74) is 2.04. The molecule has 0 heterocycles. The molecule has 106 valence electrons. The van der Waals surface area contributed by atoms with Crippen LogP contribution in [0.3, 0.4) is 0 Å². The Balaban J connectivity index is 2.59. The molecule has 1 rings (SSSR count). The molecule has 0 saturated carbocycles. The van der Waals surface area contributed by atoms with Crippen LogP contribution in [0.1, 0.15) is 39.3 Å². The second kappa shape index (κ2) is 6.57. The van der Waals surface area contributed by atoms with Gasteiger partial charge in [0.25, 0.3) is 0 Å². The van der Waals surface area contributed by atoms with Gasteiger partial charge in [-0.25, -0.2) is 4.79 Å². The Morgan fingerprint density at radius 1 is 1.32 bits per heavy atom. The molecule has 4 nitrogen and oxygen atoms in total. The Hall–Kier alpha value is -1.55. The van der Waals surface area contributed by atoms with Gasteiger partial charge in [0.2, 0.25) is 0 Å². The van der Waals surface area contributed by atoms with E-state index in [-0.39, 0.29) is 17.5 Å². The van der Waals surface area contributed by atoms with Crippen molar-refractivity contribution in [3.63, 3.8) is 0 Å². The number of amides is 2. The molecule has 0 aliphatic rings. The van der Waals surface area contributed by atoms with Gasteiger partial charge in [-0.3, -0.25) is 0 Å². The predicted octanol–water partition coefficient (Wildman–Crippen LogP) is 3.13. The summed E-state index contributed by atoms with van der Waals surface area (Å²) in [5, 5.41) is 8.90. The highest BCUT2D eigenvalue weighted by Crippen LogP contribution is 2.17. The first-order valence-corrected chi connectivity index (χ1v) is 6.64. The Morgan fingerprint density at radius 3 is 2.58 bits per heavy atom. The molecule has 1 aromatic rings. The Morgan fingerprint density at radius 2 is 2.00 bits per heavy atom. The van der Waals surface area contributed by atoms with E-state index in [1.165, 1.54) is 0 Å². The lowest BCUT2D eigenvalue weighted by Crippen LogP contribution is -2.35. The van der Waals surface area contributed by atoms with Crippen LogP contribution in [0.2, 0.25) is 0 Å². The van der Waals surface area contributed by atoms with Crippen LogP contribution in [0.15, 0.2) is 24.3 Å². The predicted molar refractivity (Wildman–Crippen MR) is 80.4 cm³/mol. The summed E-state index contributed by atoms with van der Waals surface area (Å²) in [6, 6.07) is 7.96. The van der Waals surface area contributed by atoms with E-state index >= 15 is 0 Å². The molecule has 3 N–H and O–H groups in total. The van der Waals surface area contributed by atoms with Crippen molar-refractivity contribution < 1.29 is 4.79 Å². The second-order valence-corrected chi connectivity index (χ2v) is 6.00. The van der Waals surface area contributed by atoms with E-state index in [0.29, 0.717) is 6.54 Å². The Kier molecular flexibility index (Phi) is 5.36. The zero-order valence-electron chi connectivity index (χ0n) is 12.5. The Labute approximate surface area is 116 Å². The second-order valence-electron chi connectivity index (χ2n) is 6.00. The molecule has 0 saturated heterocycles. The van der Waals surface area contributed by atoms with Gasteiger partial charge in [0.1, 0.15) is 0 Å². The summed E-state index contributed by atoms with van der Waals surface area (Å²) in [5.74, 6) is 0. The van der Waals surface area contributed by atoms with Crippen molar-refractivity contribution in [1.82, 2.24) is 10.6 Å². The van der Waals surface area contributed by atoms with Crippen molar-refractivity contribution in [3.8, 4) is 0 Å². The van der Waals surface area contributed by atoms with E-state index in [1.807, 2.05) is 31.3 Å². The lowest BCUT2D eigenvalue weighted by atomic mass is 9.97. The number of carbonyl (C=O) groups is 1. The van der Waals surface area contributed by atoms with E-state index in [1.54, 1.807) is 0 Å². The fraction of sp³-hybridized carbons (Fsp3) is 0.533. The molecule has 0 spiro atoms. The first-order valence-electron chi connectivity index (χ1n) is 6.64. The largest absolute Gasteiger partial charge is 0.337 e. The van der Waals surface area contributed by atoms with Crippen LogP contribution in [0.25, 0.3) is 0 Å². The SMILES string of the molecule is CNC(C)c1cccc(NC(=O)NCC(C)(C)C)c1. The van der Waals surface area contributed by atoms with Gasteiger partial charge in [-0.1, -0.05) is 32.9 Å². The third-order valence-electron chi connectivity index (χ3n) is 2.86. The minimum atomic E-state index is -0.163. The molecular weight excluding hydrogens is 238 g/mol. The zero-order chi connectivity index (χ0) is 14.5. The third-order valence-corrected chi connectivity index (χ3v) is 2.86. The molecule has 2 amide bonds. The molecule has 0 radical (unpaired) electrons. The number of carbonyl (C=O) groups excluding carboxylic acids is 1. The standard InChI is InChI=1S/C15H25N3O/c1-11(16-5)12-7-6-8-13(9-12)18-14(19)17-10-15(2,3)4/h6-9,11,16H,10H2,1-5H3,(H2,17,18,19). The molecule has 1 aromatic carbocycles. The fourth-order valence-electron chi connectivity index (χ4n) is 1.57. The number of anilines is 1. The van der Waals surface area contributed by atoms with Gasteiger partial charge in [-0.2, -0.15) is 0 Å². The van der Waals surface area contributed by atoms with Crippen molar-refractivity contribution in [2.24, 2.45) is 5.41 Å². The summed E-state index contributed by atoms with van der Waals surface area (Å²) < 4.78 is 0. The van der Waals surface area contributed by atoms with Crippen molar-refractivity contribution in [3.05, 3.63) is 29.8 Å². The van der Waals surface area contributed by atoms with Crippen LogP contribution in [0, 0.1) is 5.41 Å². The van der Waals surface area contributed by atoms with Crippen LogP contribution >= 0.6 is 0 Å². The summed E-state index contributed by atoms with van der Waals surface area (Å²) >= 11 is 0. The van der Waals surface area contributed by atoms with Gasteiger partial charge in [0.15, 0.2) is 0 Å². The average Bonchev–Trinajstić information content (AvgIpc) is 2.35. The van der Waals surface area contributed by atoms with Crippen molar-refractivity contribution >= 4 is 11.7 Å². The number of urea groups is 1. The molecule has 0 aliphatic heterocycles. The van der Waals surface area contributed by atoms with Crippen LogP contribution in [0.4, 0.5) is 10.5 Å². The topological polar surface area (TPSA) is 53.2 Å². The fourth-order valence-corrected chi connectivity index (χ4v) is 1.57. The van der Waals surface area contributed by atoms with Gasteiger partial charge in [-0.15, -0.1) is 0 Å². The maximum absolute atomic E-state index is 11.8.